The summed E-state index contributed by atoms with van der Waals surface area (Å²) in [5.74, 6) is -1.34. The van der Waals surface area contributed by atoms with E-state index in [-0.39, 0.29) is 24.6 Å². The molecule has 12 heteroatoms. The van der Waals surface area contributed by atoms with Crippen molar-refractivity contribution in [2.24, 2.45) is 17.9 Å². The molecule has 11 nitrogen and oxygen atoms in total. The highest BCUT2D eigenvalue weighted by Crippen LogP contribution is 2.37. The predicted octanol–water partition coefficient (Wildman–Crippen LogP) is 1.73. The Hall–Kier alpha value is -3.86. The molecule has 3 rings (SSSR count). The minimum Gasteiger partial charge on any atom is -0.458 e. The molecule has 0 bridgehead atoms. The Balaban J connectivity index is 1.94. The van der Waals surface area contributed by atoms with Crippen LogP contribution in [0, 0.1) is 0 Å². The van der Waals surface area contributed by atoms with Gasteiger partial charge in [-0.25, -0.2) is 23.5 Å². The van der Waals surface area contributed by atoms with Crippen molar-refractivity contribution in [3.63, 3.8) is 0 Å². The van der Waals surface area contributed by atoms with Crippen LogP contribution in [0.3, 0.4) is 0 Å². The van der Waals surface area contributed by atoms with Crippen LogP contribution in [-0.4, -0.2) is 58.4 Å². The number of amides is 2. The number of nitrogens with two attached hydrogens (primary N) is 1. The van der Waals surface area contributed by atoms with E-state index in [4.69, 9.17) is 22.1 Å². The molecule has 0 saturated heterocycles. The molecule has 0 fully saturated rings. The number of oxime groups is 1. The summed E-state index contributed by atoms with van der Waals surface area (Å²) in [5.41, 5.74) is 7.27. The number of rotatable bonds is 8. The van der Waals surface area contributed by atoms with Gasteiger partial charge in [0.15, 0.2) is 5.84 Å². The van der Waals surface area contributed by atoms with E-state index in [1.807, 2.05) is 34.9 Å². The van der Waals surface area contributed by atoms with Gasteiger partial charge in [0.25, 0.3) is 0 Å². The number of carbonyl (C=O) groups is 3. The van der Waals surface area contributed by atoms with E-state index < -0.39 is 24.0 Å². The highest BCUT2D eigenvalue weighted by atomic mass is 35.5. The van der Waals surface area contributed by atoms with Gasteiger partial charge in [0.1, 0.15) is 25.5 Å². The lowest BCUT2D eigenvalue weighted by Crippen LogP contribution is -2.52. The van der Waals surface area contributed by atoms with E-state index in [9.17, 15) is 14.4 Å². The van der Waals surface area contributed by atoms with Crippen LogP contribution in [0.4, 0.5) is 4.79 Å². The minimum atomic E-state index is -0.834. The summed E-state index contributed by atoms with van der Waals surface area (Å²) >= 11 is 6.07. The Morgan fingerprint density at radius 1 is 1.26 bits per heavy atom. The number of ether oxygens (including phenoxy) is 1. The van der Waals surface area contributed by atoms with Crippen LogP contribution in [0.2, 0.25) is 5.02 Å². The maximum atomic E-state index is 13.3. The maximum Gasteiger partial charge on any atom is 0.338 e. The SMILES string of the molecule is CC(=O)O/N=C(\N)CN1C(=O)N(C)C(C)=C(C(=O)OCCn2cc[n+](C)c2)C1c1ccc(Cl)cc1. The van der Waals surface area contributed by atoms with Crippen molar-refractivity contribution in [2.75, 3.05) is 20.2 Å². The lowest BCUT2D eigenvalue weighted by molar-refractivity contribution is -0.671. The van der Waals surface area contributed by atoms with Gasteiger partial charge in [-0.3, -0.25) is 0 Å². The van der Waals surface area contributed by atoms with Crippen LogP contribution >= 0.6 is 11.6 Å². The van der Waals surface area contributed by atoms with Gasteiger partial charge in [-0.05, 0) is 24.6 Å². The van der Waals surface area contributed by atoms with Crippen LogP contribution in [0.5, 0.6) is 0 Å². The largest absolute Gasteiger partial charge is 0.458 e. The molecule has 1 unspecified atom stereocenters. The molecule has 0 spiro atoms. The van der Waals surface area contributed by atoms with Gasteiger partial charge in [-0.1, -0.05) is 28.9 Å². The first-order chi connectivity index (χ1) is 16.6. The zero-order valence-corrected chi connectivity index (χ0v) is 20.7. The van der Waals surface area contributed by atoms with Crippen molar-refractivity contribution in [1.29, 1.82) is 0 Å². The van der Waals surface area contributed by atoms with E-state index in [1.54, 1.807) is 38.2 Å². The van der Waals surface area contributed by atoms with Crippen LogP contribution in [0.1, 0.15) is 25.5 Å². The summed E-state index contributed by atoms with van der Waals surface area (Å²) in [6, 6.07) is 5.52. The number of benzene rings is 1. The van der Waals surface area contributed by atoms with Crippen LogP contribution in [-0.2, 0) is 32.8 Å². The molecule has 1 aromatic heterocycles. The molecular formula is C23H28ClN6O5+. The van der Waals surface area contributed by atoms with Crippen molar-refractivity contribution < 1.29 is 28.5 Å². The second-order valence-electron chi connectivity index (χ2n) is 8.04. The predicted molar refractivity (Wildman–Crippen MR) is 127 cm³/mol. The first-order valence-corrected chi connectivity index (χ1v) is 11.1. The summed E-state index contributed by atoms with van der Waals surface area (Å²) in [4.78, 5) is 45.0. The van der Waals surface area contributed by atoms with E-state index in [1.165, 1.54) is 16.7 Å². The molecule has 1 aliphatic heterocycles. The number of hydrogen-bond donors (Lipinski definition) is 1. The molecule has 0 radical (unpaired) electrons. The zero-order chi connectivity index (χ0) is 25.7. The lowest BCUT2D eigenvalue weighted by atomic mass is 9.93. The minimum absolute atomic E-state index is 0.117. The standard InChI is InChI=1S/C23H28ClN6O5/c1-15-20(22(32)34-12-11-29-10-9-27(3)14-29)21(17-5-7-18(24)8-6-17)30(23(33)28(15)4)13-19(25)26-35-16(2)31/h5-10,14,21H,11-13H2,1-4H3,(H2,25,26)/q+1. The van der Waals surface area contributed by atoms with Crippen molar-refractivity contribution in [3.8, 4) is 0 Å². The molecular weight excluding hydrogens is 476 g/mol. The van der Waals surface area contributed by atoms with E-state index >= 15 is 0 Å². The molecule has 2 N–H and O–H groups in total. The maximum absolute atomic E-state index is 13.3. The van der Waals surface area contributed by atoms with Gasteiger partial charge in [-0.15, -0.1) is 0 Å². The van der Waals surface area contributed by atoms with Crippen molar-refractivity contribution in [2.45, 2.75) is 26.4 Å². The fourth-order valence-electron chi connectivity index (χ4n) is 3.67. The lowest BCUT2D eigenvalue weighted by Gasteiger charge is -2.41. The van der Waals surface area contributed by atoms with Crippen LogP contribution < -0.4 is 10.3 Å². The second-order valence-corrected chi connectivity index (χ2v) is 8.48. The van der Waals surface area contributed by atoms with E-state index in [0.29, 0.717) is 22.8 Å². The third-order valence-corrected chi connectivity index (χ3v) is 5.70. The normalized spacial score (nSPS) is 16.5. The molecule has 35 heavy (non-hydrogen) atoms. The fourth-order valence-corrected chi connectivity index (χ4v) is 3.80. The van der Waals surface area contributed by atoms with E-state index in [2.05, 4.69) is 9.99 Å². The zero-order valence-electron chi connectivity index (χ0n) is 20.0. The molecule has 1 aliphatic rings. The monoisotopic (exact) mass is 503 g/mol. The number of carbonyl (C=O) groups excluding carboxylic acids is 3. The molecule has 2 heterocycles. The highest BCUT2D eigenvalue weighted by molar-refractivity contribution is 6.30. The number of urea groups is 1. The number of halogens is 1. The quantitative estimate of drug-likeness (QED) is 0.146. The van der Waals surface area contributed by atoms with Gasteiger partial charge in [0.2, 0.25) is 6.33 Å². The number of allylic oxidation sites excluding steroid dienone is 1. The Morgan fingerprint density at radius 3 is 2.54 bits per heavy atom. The Bertz CT molecular complexity index is 1170. The smallest absolute Gasteiger partial charge is 0.338 e. The number of nitrogens with zero attached hydrogens (tertiary/aromatic N) is 5. The third kappa shape index (κ3) is 6.18. The molecule has 2 amide bonds. The van der Waals surface area contributed by atoms with Crippen molar-refractivity contribution in [3.05, 3.63) is 64.8 Å². The first kappa shape index (κ1) is 25.8. The van der Waals surface area contributed by atoms with E-state index in [0.717, 1.165) is 0 Å². The Morgan fingerprint density at radius 2 is 1.94 bits per heavy atom. The van der Waals surface area contributed by atoms with Gasteiger partial charge < -0.3 is 25.1 Å². The third-order valence-electron chi connectivity index (χ3n) is 5.45. The van der Waals surface area contributed by atoms with Crippen LogP contribution in [0.15, 0.2) is 59.4 Å². The van der Waals surface area contributed by atoms with Gasteiger partial charge in [-0.2, -0.15) is 0 Å². The van der Waals surface area contributed by atoms with Gasteiger partial charge in [0, 0.05) is 24.7 Å². The topological polar surface area (TPSA) is 123 Å². The average molecular weight is 504 g/mol. The second kappa shape index (κ2) is 11.0. The summed E-state index contributed by atoms with van der Waals surface area (Å²) in [5, 5.41) is 4.07. The summed E-state index contributed by atoms with van der Waals surface area (Å²) in [7, 11) is 3.45. The fraction of sp³-hybridized carbons (Fsp3) is 0.348. The average Bonchev–Trinajstić information content (AvgIpc) is 3.23. The van der Waals surface area contributed by atoms with Gasteiger partial charge in [0.05, 0.1) is 25.2 Å². The summed E-state index contributed by atoms with van der Waals surface area (Å²) < 4.78 is 9.38. The number of esters is 1. The number of imidazole rings is 1. The number of amidine groups is 1. The highest BCUT2D eigenvalue weighted by Gasteiger charge is 2.41. The molecule has 2 aromatic rings. The Labute approximate surface area is 207 Å². The van der Waals surface area contributed by atoms with Crippen LogP contribution in [0.25, 0.3) is 0 Å². The molecule has 1 aromatic carbocycles. The summed E-state index contributed by atoms with van der Waals surface area (Å²) in [6.07, 6.45) is 5.62. The molecule has 0 saturated carbocycles. The van der Waals surface area contributed by atoms with Gasteiger partial charge >= 0.3 is 18.0 Å². The number of aromatic nitrogens is 2. The van der Waals surface area contributed by atoms with Crippen molar-refractivity contribution >= 4 is 35.4 Å². The Kier molecular flexibility index (Phi) is 8.13. The summed E-state index contributed by atoms with van der Waals surface area (Å²) in [6.45, 7) is 3.25. The molecule has 186 valence electrons. The molecule has 0 aliphatic carbocycles. The number of aryl methyl sites for hydroxylation is 1. The first-order valence-electron chi connectivity index (χ1n) is 10.8. The molecule has 1 atom stereocenters. The van der Waals surface area contributed by atoms with Crippen molar-refractivity contribution in [1.82, 2.24) is 14.4 Å². The number of hydrogen-bond acceptors (Lipinski definition) is 6.